The van der Waals surface area contributed by atoms with Crippen LogP contribution in [0.1, 0.15) is 25.0 Å². The number of aromatic nitrogens is 1. The van der Waals surface area contributed by atoms with Gasteiger partial charge in [-0.3, -0.25) is 14.6 Å². The van der Waals surface area contributed by atoms with Crippen molar-refractivity contribution in [2.24, 2.45) is 17.6 Å². The number of carbonyl (C=O) groups excluding carboxylic acids is 2. The van der Waals surface area contributed by atoms with E-state index in [1.807, 2.05) is 18.2 Å². The normalized spacial score (nSPS) is 18.6. The van der Waals surface area contributed by atoms with E-state index in [-0.39, 0.29) is 55.0 Å². The second kappa shape index (κ2) is 12.1. The molecule has 1 aromatic heterocycles. The third-order valence-electron chi connectivity index (χ3n) is 4.57. The van der Waals surface area contributed by atoms with Gasteiger partial charge < -0.3 is 16.0 Å². The summed E-state index contributed by atoms with van der Waals surface area (Å²) in [4.78, 5) is 30.1. The van der Waals surface area contributed by atoms with Crippen molar-refractivity contribution in [3.8, 4) is 0 Å². The lowest BCUT2D eigenvalue weighted by Crippen LogP contribution is -2.42. The largest absolute Gasteiger partial charge is 0.347 e. The van der Waals surface area contributed by atoms with Crippen molar-refractivity contribution in [2.45, 2.75) is 25.7 Å². The van der Waals surface area contributed by atoms with Gasteiger partial charge in [0, 0.05) is 37.8 Å². The van der Waals surface area contributed by atoms with E-state index in [0.29, 0.717) is 19.5 Å². The molecule has 2 amide bonds. The summed E-state index contributed by atoms with van der Waals surface area (Å²) in [5.41, 5.74) is 6.65. The maximum atomic E-state index is 12.2. The lowest BCUT2D eigenvalue weighted by atomic mass is 9.95. The molecule has 3 N–H and O–H groups in total. The van der Waals surface area contributed by atoms with Gasteiger partial charge in [-0.15, -0.1) is 24.8 Å². The van der Waals surface area contributed by atoms with Crippen LogP contribution in [0.3, 0.4) is 0 Å². The van der Waals surface area contributed by atoms with E-state index in [1.165, 1.54) is 0 Å². The van der Waals surface area contributed by atoms with Crippen LogP contribution >= 0.6 is 24.8 Å². The molecule has 1 aromatic rings. The average molecular weight is 391 g/mol. The third-order valence-corrected chi connectivity index (χ3v) is 4.57. The van der Waals surface area contributed by atoms with Crippen LogP contribution in [0, 0.1) is 11.8 Å². The highest BCUT2D eigenvalue weighted by molar-refractivity contribution is 5.86. The molecule has 0 aliphatic heterocycles. The highest BCUT2D eigenvalue weighted by atomic mass is 35.5. The number of rotatable bonds is 7. The van der Waals surface area contributed by atoms with E-state index in [1.54, 1.807) is 18.1 Å². The minimum atomic E-state index is -0.0865. The van der Waals surface area contributed by atoms with E-state index in [0.717, 1.165) is 25.0 Å². The summed E-state index contributed by atoms with van der Waals surface area (Å²) < 4.78 is 0. The van der Waals surface area contributed by atoms with E-state index >= 15 is 0 Å². The first-order chi connectivity index (χ1) is 11.1. The molecule has 1 heterocycles. The maximum absolute atomic E-state index is 12.2. The van der Waals surface area contributed by atoms with Crippen molar-refractivity contribution in [1.82, 2.24) is 15.2 Å². The fourth-order valence-electron chi connectivity index (χ4n) is 3.05. The van der Waals surface area contributed by atoms with Crippen molar-refractivity contribution < 1.29 is 9.59 Å². The van der Waals surface area contributed by atoms with Gasteiger partial charge in [0.2, 0.25) is 11.8 Å². The molecular weight excluding hydrogens is 363 g/mol. The number of nitrogens with one attached hydrogen (secondary N) is 1. The first-order valence-electron chi connectivity index (χ1n) is 8.23. The number of hydrogen-bond donors (Lipinski definition) is 2. The van der Waals surface area contributed by atoms with E-state index in [4.69, 9.17) is 5.73 Å². The SMILES string of the molecule is CN(CCc1ccccn1)C(=O)CNC(=O)[C@@H]1CCC[C@@H]1CN.Cl.Cl. The van der Waals surface area contributed by atoms with E-state index in [9.17, 15) is 9.59 Å². The Balaban J connectivity index is 0.00000288. The van der Waals surface area contributed by atoms with Gasteiger partial charge in [0.05, 0.1) is 6.54 Å². The predicted octanol–water partition coefficient (Wildman–Crippen LogP) is 1.42. The van der Waals surface area contributed by atoms with Gasteiger partial charge in [-0.25, -0.2) is 0 Å². The first-order valence-corrected chi connectivity index (χ1v) is 8.23. The molecule has 1 fully saturated rings. The molecule has 0 unspecified atom stereocenters. The summed E-state index contributed by atoms with van der Waals surface area (Å²) in [6.07, 6.45) is 5.36. The van der Waals surface area contributed by atoms with Gasteiger partial charge >= 0.3 is 0 Å². The fourth-order valence-corrected chi connectivity index (χ4v) is 3.05. The van der Waals surface area contributed by atoms with Crippen molar-refractivity contribution in [3.05, 3.63) is 30.1 Å². The lowest BCUT2D eigenvalue weighted by Gasteiger charge is -2.20. The number of likely N-dealkylation sites (N-methyl/N-ethyl adjacent to an activating group) is 1. The number of amides is 2. The highest BCUT2D eigenvalue weighted by Gasteiger charge is 2.31. The Morgan fingerprint density at radius 3 is 2.72 bits per heavy atom. The molecule has 142 valence electrons. The summed E-state index contributed by atoms with van der Waals surface area (Å²) in [6, 6.07) is 5.73. The third kappa shape index (κ3) is 7.18. The van der Waals surface area contributed by atoms with Gasteiger partial charge in [0.25, 0.3) is 0 Å². The first kappa shape index (κ1) is 23.6. The second-order valence-electron chi connectivity index (χ2n) is 6.14. The zero-order valence-corrected chi connectivity index (χ0v) is 16.2. The summed E-state index contributed by atoms with van der Waals surface area (Å²) >= 11 is 0. The molecule has 2 rings (SSSR count). The van der Waals surface area contributed by atoms with Gasteiger partial charge in [-0.05, 0) is 37.4 Å². The van der Waals surface area contributed by atoms with Crippen LogP contribution in [0.2, 0.25) is 0 Å². The van der Waals surface area contributed by atoms with Crippen LogP contribution in [-0.4, -0.2) is 48.4 Å². The minimum absolute atomic E-state index is 0. The molecule has 1 aliphatic carbocycles. The molecular formula is C17H28Cl2N4O2. The molecule has 8 heteroatoms. The summed E-state index contributed by atoms with van der Waals surface area (Å²) in [5, 5.41) is 2.77. The Bertz CT molecular complexity index is 531. The molecule has 0 spiro atoms. The van der Waals surface area contributed by atoms with E-state index in [2.05, 4.69) is 10.3 Å². The van der Waals surface area contributed by atoms with Crippen LogP contribution in [0.5, 0.6) is 0 Å². The zero-order valence-electron chi connectivity index (χ0n) is 14.5. The number of hydrogen-bond acceptors (Lipinski definition) is 4. The van der Waals surface area contributed by atoms with Gasteiger partial charge in [0.1, 0.15) is 0 Å². The van der Waals surface area contributed by atoms with Crippen molar-refractivity contribution in [1.29, 1.82) is 0 Å². The number of pyridine rings is 1. The fraction of sp³-hybridized carbons (Fsp3) is 0.588. The second-order valence-corrected chi connectivity index (χ2v) is 6.14. The Labute approximate surface area is 161 Å². The number of halogens is 2. The van der Waals surface area contributed by atoms with Crippen molar-refractivity contribution >= 4 is 36.6 Å². The standard InChI is InChI=1S/C17H26N4O2.2ClH/c1-21(10-8-14-6-2-3-9-19-14)16(22)12-20-17(23)15-7-4-5-13(15)11-18;;/h2-3,6,9,13,15H,4-5,7-8,10-12,18H2,1H3,(H,20,23);2*1H/t13-,15-;;/m1../s1. The van der Waals surface area contributed by atoms with E-state index < -0.39 is 0 Å². The number of nitrogens with two attached hydrogens (primary N) is 1. The lowest BCUT2D eigenvalue weighted by molar-refractivity contribution is -0.133. The van der Waals surface area contributed by atoms with Gasteiger partial charge in [0.15, 0.2) is 0 Å². The minimum Gasteiger partial charge on any atom is -0.347 e. The molecule has 25 heavy (non-hydrogen) atoms. The topological polar surface area (TPSA) is 88.3 Å². The van der Waals surface area contributed by atoms with Crippen molar-refractivity contribution in [3.63, 3.8) is 0 Å². The molecule has 0 aromatic carbocycles. The number of nitrogens with zero attached hydrogens (tertiary/aromatic N) is 2. The van der Waals surface area contributed by atoms with Crippen LogP contribution in [0.15, 0.2) is 24.4 Å². The molecule has 1 aliphatic rings. The average Bonchev–Trinajstić information content (AvgIpc) is 3.06. The Morgan fingerprint density at radius 2 is 2.08 bits per heavy atom. The molecule has 0 saturated heterocycles. The smallest absolute Gasteiger partial charge is 0.241 e. The molecule has 0 bridgehead atoms. The summed E-state index contributed by atoms with van der Waals surface area (Å²) in [6.45, 7) is 1.17. The maximum Gasteiger partial charge on any atom is 0.241 e. The Hall–Kier alpha value is -1.37. The zero-order chi connectivity index (χ0) is 16.7. The van der Waals surface area contributed by atoms with Gasteiger partial charge in [-0.2, -0.15) is 0 Å². The Kier molecular flexibility index (Phi) is 11.4. The van der Waals surface area contributed by atoms with Gasteiger partial charge in [-0.1, -0.05) is 12.5 Å². The summed E-state index contributed by atoms with van der Waals surface area (Å²) in [5.74, 6) is 0.0969. The Morgan fingerprint density at radius 1 is 1.32 bits per heavy atom. The molecule has 2 atom stereocenters. The van der Waals surface area contributed by atoms with Crippen LogP contribution < -0.4 is 11.1 Å². The molecule has 0 radical (unpaired) electrons. The predicted molar refractivity (Wildman–Crippen MR) is 103 cm³/mol. The van der Waals surface area contributed by atoms with Crippen LogP contribution in [-0.2, 0) is 16.0 Å². The number of carbonyl (C=O) groups is 2. The highest BCUT2D eigenvalue weighted by Crippen LogP contribution is 2.30. The van der Waals surface area contributed by atoms with Crippen molar-refractivity contribution in [2.75, 3.05) is 26.7 Å². The molecule has 1 saturated carbocycles. The van der Waals surface area contributed by atoms with Crippen LogP contribution in [0.4, 0.5) is 0 Å². The monoisotopic (exact) mass is 390 g/mol. The van der Waals surface area contributed by atoms with Crippen LogP contribution in [0.25, 0.3) is 0 Å². The summed E-state index contributed by atoms with van der Waals surface area (Å²) in [7, 11) is 1.75. The molecule has 6 nitrogen and oxygen atoms in total. The quantitative estimate of drug-likeness (QED) is 0.736.